The third-order valence-electron chi connectivity index (χ3n) is 2.09. The highest BCUT2D eigenvalue weighted by molar-refractivity contribution is 7.90. The molecule has 1 aliphatic heterocycles. The Morgan fingerprint density at radius 3 is 2.64 bits per heavy atom. The first-order valence-corrected chi connectivity index (χ1v) is 5.76. The van der Waals surface area contributed by atoms with Crippen LogP contribution in [0, 0.1) is 0 Å². The van der Waals surface area contributed by atoms with Crippen molar-refractivity contribution < 1.29 is 23.1 Å². The average molecular weight is 223 g/mol. The van der Waals surface area contributed by atoms with E-state index in [1.165, 1.54) is 0 Å². The second-order valence-electron chi connectivity index (χ2n) is 3.09. The number of hydrogen-bond donors (Lipinski definition) is 1. The van der Waals surface area contributed by atoms with Crippen LogP contribution in [0.25, 0.3) is 0 Å². The molecule has 7 heteroatoms. The molecule has 82 valence electrons. The molecule has 0 spiro atoms. The summed E-state index contributed by atoms with van der Waals surface area (Å²) in [6.07, 6.45) is 0.603. The minimum Gasteiger partial charge on any atom is -0.480 e. The zero-order valence-electron chi connectivity index (χ0n) is 7.84. The molecule has 0 radical (unpaired) electrons. The normalized spacial score (nSPS) is 21.8. The van der Waals surface area contributed by atoms with Gasteiger partial charge in [0, 0.05) is 13.2 Å². The van der Waals surface area contributed by atoms with Crippen molar-refractivity contribution in [2.75, 3.05) is 19.9 Å². The molecule has 1 aliphatic rings. The van der Waals surface area contributed by atoms with E-state index in [0.717, 1.165) is 11.2 Å². The van der Waals surface area contributed by atoms with E-state index in [4.69, 9.17) is 9.84 Å². The first-order chi connectivity index (χ1) is 6.46. The highest BCUT2D eigenvalue weighted by Crippen LogP contribution is 2.13. The lowest BCUT2D eigenvalue weighted by Crippen LogP contribution is -2.45. The molecule has 1 fully saturated rings. The smallest absolute Gasteiger partial charge is 0.323 e. The van der Waals surface area contributed by atoms with Crippen LogP contribution in [-0.4, -0.2) is 48.9 Å². The quantitative estimate of drug-likeness (QED) is 0.695. The van der Waals surface area contributed by atoms with Gasteiger partial charge in [0.1, 0.15) is 6.73 Å². The summed E-state index contributed by atoms with van der Waals surface area (Å²) in [6, 6.07) is 0. The van der Waals surface area contributed by atoms with E-state index in [2.05, 4.69) is 0 Å². The minimum atomic E-state index is -3.75. The maximum absolute atomic E-state index is 11.6. The van der Waals surface area contributed by atoms with Gasteiger partial charge in [-0.15, -0.1) is 0 Å². The maximum Gasteiger partial charge on any atom is 0.323 e. The summed E-state index contributed by atoms with van der Waals surface area (Å²) in [5.74, 6) is -1.34. The van der Waals surface area contributed by atoms with Gasteiger partial charge in [0.05, 0.1) is 0 Å². The number of sulfonamides is 1. The van der Waals surface area contributed by atoms with Crippen LogP contribution in [0.15, 0.2) is 0 Å². The van der Waals surface area contributed by atoms with Crippen molar-refractivity contribution >= 4 is 16.0 Å². The van der Waals surface area contributed by atoms with Gasteiger partial charge in [-0.2, -0.15) is 4.31 Å². The van der Waals surface area contributed by atoms with Gasteiger partial charge < -0.3 is 9.84 Å². The topological polar surface area (TPSA) is 83.9 Å². The van der Waals surface area contributed by atoms with Crippen molar-refractivity contribution in [2.45, 2.75) is 18.6 Å². The number of nitrogens with zero attached hydrogens (tertiary/aromatic N) is 1. The Balaban J connectivity index is 2.78. The molecule has 6 nitrogen and oxygen atoms in total. The van der Waals surface area contributed by atoms with Crippen LogP contribution in [0.5, 0.6) is 0 Å². The summed E-state index contributed by atoms with van der Waals surface area (Å²) < 4.78 is 29.2. The molecular weight excluding hydrogens is 210 g/mol. The Morgan fingerprint density at radius 2 is 2.21 bits per heavy atom. The lowest BCUT2D eigenvalue weighted by molar-refractivity contribution is -0.136. The number of carboxylic acids is 1. The zero-order valence-corrected chi connectivity index (χ0v) is 8.66. The molecule has 0 bridgehead atoms. The van der Waals surface area contributed by atoms with Crippen LogP contribution in [-0.2, 0) is 19.6 Å². The summed E-state index contributed by atoms with van der Waals surface area (Å²) in [5, 5.41) is 7.19. The fourth-order valence-electron chi connectivity index (χ4n) is 1.13. The fourth-order valence-corrected chi connectivity index (χ4v) is 2.43. The average Bonchev–Trinajstić information content (AvgIpc) is 2.18. The van der Waals surface area contributed by atoms with Crippen LogP contribution in [0.4, 0.5) is 0 Å². The molecule has 1 atom stereocenters. The Labute approximate surface area is 82.5 Å². The van der Waals surface area contributed by atoms with E-state index in [1.54, 1.807) is 0 Å². The molecule has 1 unspecified atom stereocenters. The number of aliphatic carboxylic acids is 1. The van der Waals surface area contributed by atoms with Gasteiger partial charge in [0.2, 0.25) is 10.0 Å². The SMILES string of the molecule is CC(C(=O)O)S(=O)(=O)N1CCCOC1. The monoisotopic (exact) mass is 223 g/mol. The van der Waals surface area contributed by atoms with Gasteiger partial charge in [-0.1, -0.05) is 0 Å². The molecule has 14 heavy (non-hydrogen) atoms. The Bertz CT molecular complexity index is 306. The van der Waals surface area contributed by atoms with Gasteiger partial charge >= 0.3 is 5.97 Å². The van der Waals surface area contributed by atoms with E-state index < -0.39 is 21.2 Å². The van der Waals surface area contributed by atoms with E-state index in [9.17, 15) is 13.2 Å². The summed E-state index contributed by atoms with van der Waals surface area (Å²) >= 11 is 0. The standard InChI is InChI=1S/C7H13NO5S/c1-6(7(9)10)14(11,12)8-3-2-4-13-5-8/h6H,2-5H2,1H3,(H,9,10). The minimum absolute atomic E-state index is 0.0417. The van der Waals surface area contributed by atoms with Crippen molar-refractivity contribution in [3.8, 4) is 0 Å². The molecule has 0 aliphatic carbocycles. The summed E-state index contributed by atoms with van der Waals surface area (Å²) in [5.41, 5.74) is 0. The predicted molar refractivity (Wildman–Crippen MR) is 48.2 cm³/mol. The number of rotatable bonds is 3. The van der Waals surface area contributed by atoms with E-state index in [1.807, 2.05) is 0 Å². The molecule has 0 aromatic heterocycles. The Morgan fingerprint density at radius 1 is 1.57 bits per heavy atom. The van der Waals surface area contributed by atoms with Crippen LogP contribution in [0.3, 0.4) is 0 Å². The number of ether oxygens (including phenoxy) is 1. The van der Waals surface area contributed by atoms with Gasteiger partial charge in [0.15, 0.2) is 5.25 Å². The van der Waals surface area contributed by atoms with Crippen molar-refractivity contribution in [3.05, 3.63) is 0 Å². The lowest BCUT2D eigenvalue weighted by Gasteiger charge is -2.27. The number of carboxylic acid groups (broad SMARTS) is 1. The van der Waals surface area contributed by atoms with Crippen LogP contribution >= 0.6 is 0 Å². The highest BCUT2D eigenvalue weighted by atomic mass is 32.2. The van der Waals surface area contributed by atoms with Crippen molar-refractivity contribution in [2.24, 2.45) is 0 Å². The van der Waals surface area contributed by atoms with Gasteiger partial charge in [-0.3, -0.25) is 4.79 Å². The molecule has 1 heterocycles. The number of hydrogen-bond acceptors (Lipinski definition) is 4. The first kappa shape index (κ1) is 11.4. The third-order valence-corrected chi connectivity index (χ3v) is 4.19. The Kier molecular flexibility index (Phi) is 3.46. The molecular formula is C7H13NO5S. The van der Waals surface area contributed by atoms with Gasteiger partial charge in [0.25, 0.3) is 0 Å². The Hall–Kier alpha value is -0.660. The molecule has 1 rings (SSSR count). The summed E-state index contributed by atoms with van der Waals surface area (Å²) in [6.45, 7) is 1.97. The van der Waals surface area contributed by atoms with Gasteiger partial charge in [-0.05, 0) is 13.3 Å². The second kappa shape index (κ2) is 4.24. The fraction of sp³-hybridized carbons (Fsp3) is 0.857. The number of carbonyl (C=O) groups is 1. The zero-order chi connectivity index (χ0) is 10.8. The third kappa shape index (κ3) is 2.23. The van der Waals surface area contributed by atoms with E-state index >= 15 is 0 Å². The highest BCUT2D eigenvalue weighted by Gasteiger charge is 2.34. The summed E-state index contributed by atoms with van der Waals surface area (Å²) in [4.78, 5) is 10.5. The molecule has 0 aromatic carbocycles. The lowest BCUT2D eigenvalue weighted by atomic mass is 10.4. The van der Waals surface area contributed by atoms with E-state index in [0.29, 0.717) is 19.6 Å². The second-order valence-corrected chi connectivity index (χ2v) is 5.35. The van der Waals surface area contributed by atoms with Crippen LogP contribution in [0.2, 0.25) is 0 Å². The first-order valence-electron chi connectivity index (χ1n) is 4.26. The molecule has 1 N–H and O–H groups in total. The molecule has 1 saturated heterocycles. The molecule has 0 amide bonds. The van der Waals surface area contributed by atoms with Crippen LogP contribution in [0.1, 0.15) is 13.3 Å². The van der Waals surface area contributed by atoms with Gasteiger partial charge in [-0.25, -0.2) is 8.42 Å². The predicted octanol–water partition coefficient (Wildman–Crippen LogP) is -0.531. The molecule has 0 saturated carbocycles. The van der Waals surface area contributed by atoms with Crippen molar-refractivity contribution in [3.63, 3.8) is 0 Å². The van der Waals surface area contributed by atoms with Crippen molar-refractivity contribution in [1.29, 1.82) is 0 Å². The summed E-state index contributed by atoms with van der Waals surface area (Å²) in [7, 11) is -3.75. The van der Waals surface area contributed by atoms with E-state index in [-0.39, 0.29) is 6.73 Å². The maximum atomic E-state index is 11.6. The molecule has 0 aromatic rings. The van der Waals surface area contributed by atoms with Crippen LogP contribution < -0.4 is 0 Å². The largest absolute Gasteiger partial charge is 0.480 e. The van der Waals surface area contributed by atoms with Crippen molar-refractivity contribution in [1.82, 2.24) is 4.31 Å².